The molecule has 0 unspecified atom stereocenters. The molecule has 0 saturated carbocycles. The third-order valence-corrected chi connectivity index (χ3v) is 4.04. The van der Waals surface area contributed by atoms with Gasteiger partial charge in [-0.2, -0.15) is 13.2 Å². The van der Waals surface area contributed by atoms with Crippen molar-refractivity contribution in [3.63, 3.8) is 0 Å². The number of carbonyl (C=O) groups excluding carboxylic acids is 2. The van der Waals surface area contributed by atoms with E-state index in [1.165, 1.54) is 19.2 Å². The van der Waals surface area contributed by atoms with Crippen molar-refractivity contribution in [2.45, 2.75) is 32.5 Å². The van der Waals surface area contributed by atoms with E-state index < -0.39 is 35.9 Å². The van der Waals surface area contributed by atoms with Crippen LogP contribution in [0.25, 0.3) is 0 Å². The molecule has 2 amide bonds. The van der Waals surface area contributed by atoms with E-state index in [0.717, 1.165) is 11.0 Å². The number of alkyl halides is 3. The molecule has 1 fully saturated rings. The number of hydrogen-bond donors (Lipinski definition) is 1. The summed E-state index contributed by atoms with van der Waals surface area (Å²) in [6, 6.07) is 3.76. The summed E-state index contributed by atoms with van der Waals surface area (Å²) in [7, 11) is 1.33. The molecule has 0 aromatic heterocycles. The van der Waals surface area contributed by atoms with E-state index in [-0.39, 0.29) is 5.69 Å². The van der Waals surface area contributed by atoms with Crippen LogP contribution in [0.2, 0.25) is 0 Å². The molecule has 1 aromatic rings. The number of halogens is 3. The maximum atomic E-state index is 13.5. The first-order chi connectivity index (χ1) is 13.4. The molecule has 0 radical (unpaired) electrons. The van der Waals surface area contributed by atoms with E-state index >= 15 is 0 Å². The van der Waals surface area contributed by atoms with Crippen LogP contribution >= 0.6 is 0 Å². The van der Waals surface area contributed by atoms with Gasteiger partial charge in [-0.15, -0.1) is 0 Å². The van der Waals surface area contributed by atoms with Crippen molar-refractivity contribution in [2.24, 2.45) is 0 Å². The number of nitrogens with zero attached hydrogens (tertiary/aromatic N) is 2. The average Bonchev–Trinajstić information content (AvgIpc) is 2.60. The number of anilines is 2. The number of benzene rings is 1. The minimum Gasteiger partial charge on any atom is -0.444 e. The highest BCUT2D eigenvalue weighted by atomic mass is 19.4. The summed E-state index contributed by atoms with van der Waals surface area (Å²) in [5, 5.41) is 2.24. The fourth-order valence-electron chi connectivity index (χ4n) is 2.70. The summed E-state index contributed by atoms with van der Waals surface area (Å²) < 4.78 is 51.0. The van der Waals surface area contributed by atoms with Crippen molar-refractivity contribution in [3.8, 4) is 0 Å². The summed E-state index contributed by atoms with van der Waals surface area (Å²) in [6.45, 7) is 6.43. The normalized spacial score (nSPS) is 15.1. The van der Waals surface area contributed by atoms with Gasteiger partial charge in [0.1, 0.15) is 12.1 Å². The Hall–Kier alpha value is -2.49. The van der Waals surface area contributed by atoms with Crippen LogP contribution in [0.15, 0.2) is 18.2 Å². The van der Waals surface area contributed by atoms with Gasteiger partial charge in [0.25, 0.3) is 0 Å². The zero-order chi connectivity index (χ0) is 21.8. The maximum Gasteiger partial charge on any atom is 0.418 e. The highest BCUT2D eigenvalue weighted by molar-refractivity contribution is 5.94. The molecule has 0 atom stereocenters. The van der Waals surface area contributed by atoms with E-state index in [2.05, 4.69) is 5.32 Å². The molecule has 1 saturated heterocycles. The lowest BCUT2D eigenvalue weighted by atomic mass is 10.1. The van der Waals surface area contributed by atoms with E-state index in [4.69, 9.17) is 9.47 Å². The molecule has 1 aromatic carbocycles. The quantitative estimate of drug-likeness (QED) is 0.814. The predicted molar refractivity (Wildman–Crippen MR) is 102 cm³/mol. The zero-order valence-electron chi connectivity index (χ0n) is 16.9. The number of hydrogen-bond acceptors (Lipinski definition) is 5. The van der Waals surface area contributed by atoms with E-state index in [0.29, 0.717) is 32.0 Å². The van der Waals surface area contributed by atoms with Gasteiger partial charge in [0.15, 0.2) is 0 Å². The van der Waals surface area contributed by atoms with Gasteiger partial charge in [-0.05, 0) is 39.0 Å². The molecule has 1 N–H and O–H groups in total. The van der Waals surface area contributed by atoms with Crippen molar-refractivity contribution in [1.29, 1.82) is 0 Å². The number of nitrogens with one attached hydrogen (secondary N) is 1. The number of likely N-dealkylation sites (N-methyl/N-ethyl adjacent to an activating group) is 1. The first kappa shape index (κ1) is 22.8. The Morgan fingerprint density at radius 1 is 1.21 bits per heavy atom. The Morgan fingerprint density at radius 2 is 1.83 bits per heavy atom. The Kier molecular flexibility index (Phi) is 6.99. The fraction of sp³-hybridized carbons (Fsp3) is 0.579. The second kappa shape index (κ2) is 8.89. The number of rotatable bonds is 4. The minimum absolute atomic E-state index is 0.364. The zero-order valence-corrected chi connectivity index (χ0v) is 16.9. The molecule has 162 valence electrons. The van der Waals surface area contributed by atoms with Crippen molar-refractivity contribution in [3.05, 3.63) is 23.8 Å². The van der Waals surface area contributed by atoms with Crippen molar-refractivity contribution >= 4 is 23.4 Å². The average molecular weight is 417 g/mol. The van der Waals surface area contributed by atoms with Gasteiger partial charge in [0, 0.05) is 25.8 Å². The highest BCUT2D eigenvalue weighted by Crippen LogP contribution is 2.37. The SMILES string of the molecule is CN(CC(=O)Nc1ccc(N2CCOCC2)cc1C(F)(F)F)C(=O)OC(C)(C)C. The summed E-state index contributed by atoms with van der Waals surface area (Å²) in [6.07, 6.45) is -5.39. The van der Waals surface area contributed by atoms with Crippen LogP contribution in [-0.2, 0) is 20.4 Å². The van der Waals surface area contributed by atoms with Crippen LogP contribution in [0.3, 0.4) is 0 Å². The Balaban J connectivity index is 2.12. The van der Waals surface area contributed by atoms with Gasteiger partial charge in [-0.1, -0.05) is 0 Å². The third kappa shape index (κ3) is 6.81. The number of ether oxygens (including phenoxy) is 2. The molecule has 1 aliphatic heterocycles. The van der Waals surface area contributed by atoms with Crippen LogP contribution in [-0.4, -0.2) is 62.4 Å². The third-order valence-electron chi connectivity index (χ3n) is 4.04. The van der Waals surface area contributed by atoms with Crippen LogP contribution in [0.4, 0.5) is 29.3 Å². The van der Waals surface area contributed by atoms with Crippen LogP contribution in [0.5, 0.6) is 0 Å². The molecule has 1 heterocycles. The highest BCUT2D eigenvalue weighted by Gasteiger charge is 2.35. The molecule has 0 aliphatic carbocycles. The lowest BCUT2D eigenvalue weighted by molar-refractivity contribution is -0.137. The Bertz CT molecular complexity index is 741. The second-order valence-corrected chi connectivity index (χ2v) is 7.71. The largest absolute Gasteiger partial charge is 0.444 e. The molecule has 10 heteroatoms. The van der Waals surface area contributed by atoms with Crippen LogP contribution < -0.4 is 10.2 Å². The lowest BCUT2D eigenvalue weighted by Gasteiger charge is -2.30. The topological polar surface area (TPSA) is 71.1 Å². The Morgan fingerprint density at radius 3 is 2.38 bits per heavy atom. The van der Waals surface area contributed by atoms with Crippen molar-refractivity contribution < 1.29 is 32.2 Å². The van der Waals surface area contributed by atoms with Gasteiger partial charge in [0.2, 0.25) is 5.91 Å². The molecule has 0 bridgehead atoms. The lowest BCUT2D eigenvalue weighted by Crippen LogP contribution is -2.39. The Labute approximate surface area is 167 Å². The van der Waals surface area contributed by atoms with E-state index in [1.807, 2.05) is 0 Å². The first-order valence-corrected chi connectivity index (χ1v) is 9.15. The summed E-state index contributed by atoms with van der Waals surface area (Å²) in [5.74, 6) is -0.761. The molecule has 29 heavy (non-hydrogen) atoms. The van der Waals surface area contributed by atoms with Gasteiger partial charge >= 0.3 is 12.3 Å². The van der Waals surface area contributed by atoms with Crippen molar-refractivity contribution in [2.75, 3.05) is 50.1 Å². The van der Waals surface area contributed by atoms with E-state index in [1.54, 1.807) is 25.7 Å². The monoisotopic (exact) mass is 417 g/mol. The van der Waals surface area contributed by atoms with Gasteiger partial charge < -0.3 is 24.6 Å². The molecular formula is C19H26F3N3O4. The first-order valence-electron chi connectivity index (χ1n) is 9.15. The van der Waals surface area contributed by atoms with Crippen molar-refractivity contribution in [1.82, 2.24) is 4.90 Å². The van der Waals surface area contributed by atoms with E-state index in [9.17, 15) is 22.8 Å². The fourth-order valence-corrected chi connectivity index (χ4v) is 2.70. The molecule has 0 spiro atoms. The summed E-state index contributed by atoms with van der Waals surface area (Å²) >= 11 is 0. The maximum absolute atomic E-state index is 13.5. The summed E-state index contributed by atoms with van der Waals surface area (Å²) in [5.41, 5.74) is -1.66. The number of amides is 2. The van der Waals surface area contributed by atoms with Gasteiger partial charge in [-0.3, -0.25) is 4.79 Å². The number of morpholine rings is 1. The van der Waals surface area contributed by atoms with Gasteiger partial charge in [0.05, 0.1) is 24.5 Å². The molecule has 2 rings (SSSR count). The summed E-state index contributed by atoms with van der Waals surface area (Å²) in [4.78, 5) is 26.9. The van der Waals surface area contributed by atoms with Gasteiger partial charge in [-0.25, -0.2) is 4.79 Å². The van der Waals surface area contributed by atoms with Crippen LogP contribution in [0, 0.1) is 0 Å². The van der Waals surface area contributed by atoms with Crippen LogP contribution in [0.1, 0.15) is 26.3 Å². The molecule has 1 aliphatic rings. The molecular weight excluding hydrogens is 391 g/mol. The molecule has 7 nitrogen and oxygen atoms in total. The number of carbonyl (C=O) groups is 2. The second-order valence-electron chi connectivity index (χ2n) is 7.71. The minimum atomic E-state index is -4.65. The smallest absolute Gasteiger partial charge is 0.418 e. The predicted octanol–water partition coefficient (Wildman–Crippen LogP) is 3.35. The standard InChI is InChI=1S/C19H26F3N3O4/c1-18(2,3)29-17(27)24(4)12-16(26)23-15-6-5-13(11-14(15)19(20,21)22)25-7-9-28-10-8-25/h5-6,11H,7-10,12H2,1-4H3,(H,23,26).